The van der Waals surface area contributed by atoms with Crippen LogP contribution in [0.3, 0.4) is 0 Å². The van der Waals surface area contributed by atoms with Crippen molar-refractivity contribution in [3.63, 3.8) is 0 Å². The van der Waals surface area contributed by atoms with Crippen molar-refractivity contribution in [3.8, 4) is 0 Å². The first-order valence-corrected chi connectivity index (χ1v) is 12.7. The van der Waals surface area contributed by atoms with Crippen LogP contribution in [0.5, 0.6) is 0 Å². The van der Waals surface area contributed by atoms with Crippen LogP contribution in [0.1, 0.15) is 62.0 Å². The predicted molar refractivity (Wildman–Crippen MR) is 148 cm³/mol. The molecule has 12 nitrogen and oxygen atoms in total. The number of esters is 2. The number of fused-ring (bicyclic) bond motifs is 1. The van der Waals surface area contributed by atoms with E-state index in [2.05, 4.69) is 25.6 Å². The van der Waals surface area contributed by atoms with Gasteiger partial charge in [0.15, 0.2) is 5.65 Å². The average molecular weight is 550 g/mol. The number of amides is 2. The molecule has 0 unspecified atom stereocenters. The number of pyridine rings is 1. The number of anilines is 1. The van der Waals surface area contributed by atoms with Crippen molar-refractivity contribution >= 4 is 52.4 Å². The maximum Gasteiger partial charge on any atom is 0.328 e. The van der Waals surface area contributed by atoms with Gasteiger partial charge in [-0.15, -0.1) is 0 Å². The summed E-state index contributed by atoms with van der Waals surface area (Å²) in [7, 11) is 0. The summed E-state index contributed by atoms with van der Waals surface area (Å²) in [4.78, 5) is 71.5. The summed E-state index contributed by atoms with van der Waals surface area (Å²) < 4.78 is 9.93. The number of aromatic nitrogens is 3. The van der Waals surface area contributed by atoms with Gasteiger partial charge >= 0.3 is 11.9 Å². The lowest BCUT2D eigenvalue weighted by molar-refractivity contribution is -0.146. The van der Waals surface area contributed by atoms with Gasteiger partial charge in [0.05, 0.1) is 18.6 Å². The normalized spacial score (nSPS) is 11.9. The molecule has 40 heavy (non-hydrogen) atoms. The summed E-state index contributed by atoms with van der Waals surface area (Å²) >= 11 is 0. The average Bonchev–Trinajstić information content (AvgIpc) is 2.91. The summed E-state index contributed by atoms with van der Waals surface area (Å²) in [5, 5.41) is 5.33. The zero-order chi connectivity index (χ0) is 29.2. The van der Waals surface area contributed by atoms with Gasteiger partial charge < -0.3 is 14.8 Å². The van der Waals surface area contributed by atoms with Crippen molar-refractivity contribution in [1.82, 2.24) is 20.3 Å². The van der Waals surface area contributed by atoms with E-state index in [1.54, 1.807) is 50.4 Å². The summed E-state index contributed by atoms with van der Waals surface area (Å²) in [5.41, 5.74) is 2.36. The molecule has 1 aromatic carbocycles. The second-order valence-electron chi connectivity index (χ2n) is 8.76. The molecule has 0 fully saturated rings. The molecule has 0 saturated carbocycles. The van der Waals surface area contributed by atoms with Crippen LogP contribution in [0, 0.1) is 0 Å². The molecular weight excluding hydrogens is 518 g/mol. The third-order valence-electron chi connectivity index (χ3n) is 5.69. The first-order chi connectivity index (χ1) is 19.1. The number of carbonyl (C=O) groups is 4. The van der Waals surface area contributed by atoms with Crippen LogP contribution in [0.15, 0.2) is 41.3 Å². The Morgan fingerprint density at radius 3 is 2.38 bits per heavy atom. The smallest absolute Gasteiger partial charge is 0.328 e. The lowest BCUT2D eigenvalue weighted by atomic mass is 10.0. The van der Waals surface area contributed by atoms with Crippen LogP contribution in [-0.4, -0.2) is 58.0 Å². The molecule has 3 aromatic rings. The number of benzene rings is 1. The van der Waals surface area contributed by atoms with E-state index in [-0.39, 0.29) is 48.9 Å². The number of ether oxygens (including phenoxy) is 2. The molecule has 2 aromatic heterocycles. The van der Waals surface area contributed by atoms with Gasteiger partial charge in [-0.05, 0) is 62.1 Å². The van der Waals surface area contributed by atoms with Crippen LogP contribution in [0.2, 0.25) is 0 Å². The van der Waals surface area contributed by atoms with Gasteiger partial charge in [0.25, 0.3) is 11.5 Å². The maximum atomic E-state index is 12.8. The fourth-order valence-electron chi connectivity index (χ4n) is 3.76. The molecule has 3 N–H and O–H groups in total. The maximum absolute atomic E-state index is 12.8. The number of nitrogens with zero attached hydrogens (tertiary/aromatic N) is 2. The number of nitrogens with one attached hydrogen (secondary N) is 3. The number of hydrogen-bond donors (Lipinski definition) is 3. The first-order valence-electron chi connectivity index (χ1n) is 12.7. The number of rotatable bonds is 11. The Morgan fingerprint density at radius 1 is 1.02 bits per heavy atom. The standard InChI is InChI=1S/C28H31N5O7/c1-5-39-23(35)12-11-22(27(38)40-6-2)31-25(36)19-9-7-18(8-10-19)13-16(3)20-14-21-24(29-15-20)32-28(30-17(4)34)33-26(21)37/h7-10,13-15,22H,5-6,11-12H2,1-4H3,(H,31,36)(H2,29,30,32,33,34,37)/t22-/m0/s1. The molecule has 210 valence electrons. The quantitative estimate of drug-likeness (QED) is 0.304. The minimum absolute atomic E-state index is 0.0224. The van der Waals surface area contributed by atoms with E-state index in [1.165, 1.54) is 6.92 Å². The molecule has 0 aliphatic rings. The molecule has 0 radical (unpaired) electrons. The minimum Gasteiger partial charge on any atom is -0.466 e. The number of carbonyl (C=O) groups excluding carboxylic acids is 4. The summed E-state index contributed by atoms with van der Waals surface area (Å²) in [6, 6.07) is 7.35. The van der Waals surface area contributed by atoms with Crippen molar-refractivity contribution in [2.75, 3.05) is 18.5 Å². The Balaban J connectivity index is 1.73. The number of aromatic amines is 1. The molecule has 2 heterocycles. The SMILES string of the molecule is CCOC(=O)CC[C@H](NC(=O)c1ccc(C=C(C)c2cnc3nc(NC(C)=O)[nH]c(=O)c3c2)cc1)C(=O)OCC. The fraction of sp³-hybridized carbons (Fsp3) is 0.321. The third kappa shape index (κ3) is 8.06. The van der Waals surface area contributed by atoms with Gasteiger partial charge in [-0.2, -0.15) is 4.98 Å². The van der Waals surface area contributed by atoms with E-state index in [1.807, 2.05) is 13.0 Å². The van der Waals surface area contributed by atoms with Gasteiger partial charge in [-0.25, -0.2) is 9.78 Å². The van der Waals surface area contributed by atoms with Crippen molar-refractivity contribution in [2.45, 2.75) is 46.6 Å². The highest BCUT2D eigenvalue weighted by Crippen LogP contribution is 2.20. The Bertz CT molecular complexity index is 1500. The monoisotopic (exact) mass is 549 g/mol. The predicted octanol–water partition coefficient (Wildman–Crippen LogP) is 2.84. The van der Waals surface area contributed by atoms with Crippen molar-refractivity contribution in [2.24, 2.45) is 0 Å². The van der Waals surface area contributed by atoms with Crippen LogP contribution < -0.4 is 16.2 Å². The van der Waals surface area contributed by atoms with E-state index < -0.39 is 29.4 Å². The zero-order valence-corrected chi connectivity index (χ0v) is 22.7. The lowest BCUT2D eigenvalue weighted by Crippen LogP contribution is -2.42. The second-order valence-corrected chi connectivity index (χ2v) is 8.76. The van der Waals surface area contributed by atoms with Gasteiger partial charge in [-0.3, -0.25) is 29.5 Å². The second kappa shape index (κ2) is 13.8. The van der Waals surface area contributed by atoms with E-state index in [4.69, 9.17) is 9.47 Å². The Hall–Kier alpha value is -4.87. The van der Waals surface area contributed by atoms with Crippen molar-refractivity contribution in [3.05, 3.63) is 63.6 Å². The topological polar surface area (TPSA) is 169 Å². The van der Waals surface area contributed by atoms with E-state index >= 15 is 0 Å². The van der Waals surface area contributed by atoms with Crippen LogP contribution in [0.4, 0.5) is 5.95 Å². The molecule has 0 aliphatic carbocycles. The van der Waals surface area contributed by atoms with Crippen molar-refractivity contribution < 1.29 is 28.7 Å². The molecule has 0 spiro atoms. The van der Waals surface area contributed by atoms with E-state index in [0.717, 1.165) is 11.1 Å². The Kier molecular flexibility index (Phi) is 10.2. The van der Waals surface area contributed by atoms with Crippen molar-refractivity contribution in [1.29, 1.82) is 0 Å². The van der Waals surface area contributed by atoms with Gasteiger partial charge in [0.1, 0.15) is 6.04 Å². The van der Waals surface area contributed by atoms with Crippen LogP contribution in [0.25, 0.3) is 22.7 Å². The number of H-pyrrole nitrogens is 1. The first kappa shape index (κ1) is 29.7. The molecule has 0 saturated heterocycles. The highest BCUT2D eigenvalue weighted by Gasteiger charge is 2.24. The molecular formula is C28H31N5O7. The van der Waals surface area contributed by atoms with Crippen LogP contribution >= 0.6 is 0 Å². The zero-order valence-electron chi connectivity index (χ0n) is 22.7. The van der Waals surface area contributed by atoms with E-state index in [9.17, 15) is 24.0 Å². The third-order valence-corrected chi connectivity index (χ3v) is 5.69. The molecule has 2 amide bonds. The Morgan fingerprint density at radius 2 is 1.73 bits per heavy atom. The summed E-state index contributed by atoms with van der Waals surface area (Å²) in [5.74, 6) is -1.92. The summed E-state index contributed by atoms with van der Waals surface area (Å²) in [6.45, 7) is 6.87. The molecule has 0 aliphatic heterocycles. The van der Waals surface area contributed by atoms with Gasteiger partial charge in [-0.1, -0.05) is 18.2 Å². The highest BCUT2D eigenvalue weighted by molar-refractivity contribution is 5.97. The molecule has 3 rings (SSSR count). The Labute approximate surface area is 230 Å². The minimum atomic E-state index is -0.994. The number of allylic oxidation sites excluding steroid dienone is 1. The van der Waals surface area contributed by atoms with Crippen LogP contribution in [-0.2, 0) is 23.9 Å². The fourth-order valence-corrected chi connectivity index (χ4v) is 3.76. The van der Waals surface area contributed by atoms with Gasteiger partial charge in [0, 0.05) is 25.1 Å². The molecule has 1 atom stereocenters. The molecule has 12 heteroatoms. The highest BCUT2D eigenvalue weighted by atomic mass is 16.5. The largest absolute Gasteiger partial charge is 0.466 e. The van der Waals surface area contributed by atoms with Gasteiger partial charge in [0.2, 0.25) is 11.9 Å². The van der Waals surface area contributed by atoms with E-state index in [0.29, 0.717) is 11.1 Å². The summed E-state index contributed by atoms with van der Waals surface area (Å²) in [6.07, 6.45) is 3.45. The number of hydrogen-bond acceptors (Lipinski definition) is 9. The lowest BCUT2D eigenvalue weighted by Gasteiger charge is -2.17. The molecule has 0 bridgehead atoms.